The van der Waals surface area contributed by atoms with E-state index in [9.17, 15) is 0 Å². The Labute approximate surface area is 48.0 Å². The fourth-order valence-corrected chi connectivity index (χ4v) is 0. The van der Waals surface area contributed by atoms with E-state index in [0.717, 1.165) is 0 Å². The number of hydrogen-bond acceptors (Lipinski definition) is 2. The van der Waals surface area contributed by atoms with Crippen molar-refractivity contribution in [2.45, 2.75) is 0 Å². The molecule has 0 saturated carbocycles. The van der Waals surface area contributed by atoms with Gasteiger partial charge in [-0.3, -0.25) is 0 Å². The SMILES string of the molecule is [C-]#N.[C-]#N.[Sn]. The molecule has 0 aliphatic rings. The summed E-state index contributed by atoms with van der Waals surface area (Å²) in [5, 5.41) is 12.5. The molecule has 0 fully saturated rings. The second-order valence-corrected chi connectivity index (χ2v) is 0. The van der Waals surface area contributed by atoms with Gasteiger partial charge in [0.05, 0.1) is 0 Å². The number of rotatable bonds is 0. The minimum atomic E-state index is 0. The van der Waals surface area contributed by atoms with Crippen LogP contribution in [0.2, 0.25) is 0 Å². The van der Waals surface area contributed by atoms with E-state index in [4.69, 9.17) is 23.7 Å². The summed E-state index contributed by atoms with van der Waals surface area (Å²) < 4.78 is 0. The van der Waals surface area contributed by atoms with Crippen molar-refractivity contribution in [3.63, 3.8) is 0 Å². The minimum absolute atomic E-state index is 0. The van der Waals surface area contributed by atoms with Crippen LogP contribution in [0.25, 0.3) is 0 Å². The van der Waals surface area contributed by atoms with Crippen LogP contribution in [0.1, 0.15) is 0 Å². The fourth-order valence-electron chi connectivity index (χ4n) is 0. The summed E-state index contributed by atoms with van der Waals surface area (Å²) in [6.45, 7) is 9.50. The third-order valence-corrected chi connectivity index (χ3v) is 0. The summed E-state index contributed by atoms with van der Waals surface area (Å²) in [5.41, 5.74) is 0. The van der Waals surface area contributed by atoms with Crippen molar-refractivity contribution in [3.8, 4) is 0 Å². The predicted octanol–water partition coefficient (Wildman–Crippen LogP) is -0.188. The number of hydrogen-bond donors (Lipinski definition) is 0. The molecule has 4 radical (unpaired) electrons. The molecule has 0 heterocycles. The Bertz CT molecular complexity index is 23.1. The quantitative estimate of drug-likeness (QED) is 0.374. The molecule has 0 aliphatic carbocycles. The van der Waals surface area contributed by atoms with E-state index in [2.05, 4.69) is 0 Å². The van der Waals surface area contributed by atoms with Crippen LogP contribution in [0, 0.1) is 23.7 Å². The molecule has 2 nitrogen and oxygen atoms in total. The first kappa shape index (κ1) is 21.6. The zero-order valence-electron chi connectivity index (χ0n) is 2.39. The molecule has 0 bridgehead atoms. The van der Waals surface area contributed by atoms with Crippen molar-refractivity contribution in [2.75, 3.05) is 0 Å². The van der Waals surface area contributed by atoms with Crippen molar-refractivity contribution in [2.24, 2.45) is 0 Å². The van der Waals surface area contributed by atoms with Crippen LogP contribution in [-0.2, 0) is 0 Å². The smallest absolute Gasteiger partial charge is 0 e. The molecule has 3 heteroatoms. The molecule has 0 aromatic heterocycles. The second-order valence-electron chi connectivity index (χ2n) is 0. The topological polar surface area (TPSA) is 47.6 Å². The zero-order chi connectivity index (χ0) is 4.00. The van der Waals surface area contributed by atoms with Crippen LogP contribution in [0.5, 0.6) is 0 Å². The predicted molar refractivity (Wildman–Crippen MR) is 15.7 cm³/mol. The normalized spacial score (nSPS) is 0.800. The first-order valence-corrected chi connectivity index (χ1v) is 0.447. The first-order chi connectivity index (χ1) is 2.00. The Morgan fingerprint density at radius 2 is 0.800 bits per heavy atom. The van der Waals surface area contributed by atoms with Crippen molar-refractivity contribution in [1.82, 2.24) is 0 Å². The van der Waals surface area contributed by atoms with Crippen LogP contribution in [0.3, 0.4) is 0 Å². The second kappa shape index (κ2) is 596. The van der Waals surface area contributed by atoms with Gasteiger partial charge in [0.15, 0.2) is 0 Å². The molecule has 0 atom stereocenters. The molecule has 0 spiro atoms. The van der Waals surface area contributed by atoms with Gasteiger partial charge in [-0.05, 0) is 0 Å². The molecule has 0 aliphatic heterocycles. The monoisotopic (exact) mass is 172 g/mol. The van der Waals surface area contributed by atoms with Crippen LogP contribution in [0.15, 0.2) is 0 Å². The van der Waals surface area contributed by atoms with Gasteiger partial charge in [0.25, 0.3) is 0 Å². The van der Waals surface area contributed by atoms with Crippen molar-refractivity contribution < 1.29 is 0 Å². The maximum atomic E-state index is 6.25. The molecule has 0 aromatic rings. The van der Waals surface area contributed by atoms with Gasteiger partial charge >= 0.3 is 0 Å². The van der Waals surface area contributed by atoms with Gasteiger partial charge in [-0.1, -0.05) is 0 Å². The van der Waals surface area contributed by atoms with Crippen molar-refractivity contribution >= 4 is 23.9 Å². The zero-order valence-corrected chi connectivity index (χ0v) is 5.25. The van der Waals surface area contributed by atoms with E-state index in [1.165, 1.54) is 0 Å². The van der Waals surface area contributed by atoms with Crippen LogP contribution in [-0.4, -0.2) is 23.9 Å². The maximum Gasteiger partial charge on any atom is 0 e. The van der Waals surface area contributed by atoms with Gasteiger partial charge in [-0.2, -0.15) is 0 Å². The van der Waals surface area contributed by atoms with E-state index >= 15 is 0 Å². The van der Waals surface area contributed by atoms with Gasteiger partial charge < -0.3 is 23.7 Å². The van der Waals surface area contributed by atoms with E-state index in [-0.39, 0.29) is 23.9 Å². The van der Waals surface area contributed by atoms with Gasteiger partial charge in [-0.15, -0.1) is 0 Å². The van der Waals surface area contributed by atoms with Crippen LogP contribution < -0.4 is 0 Å². The Kier molecular flexibility index (Phi) is 2570. The Morgan fingerprint density at radius 1 is 0.800 bits per heavy atom. The van der Waals surface area contributed by atoms with E-state index in [1.807, 2.05) is 0 Å². The van der Waals surface area contributed by atoms with Crippen molar-refractivity contribution in [3.05, 3.63) is 13.1 Å². The molecule has 0 saturated heterocycles. The van der Waals surface area contributed by atoms with Crippen molar-refractivity contribution in [1.29, 1.82) is 10.5 Å². The van der Waals surface area contributed by atoms with E-state index in [1.54, 1.807) is 0 Å². The van der Waals surface area contributed by atoms with Gasteiger partial charge in [0, 0.05) is 23.9 Å². The fraction of sp³-hybridized carbons (Fsp3) is 0. The summed E-state index contributed by atoms with van der Waals surface area (Å²) in [4.78, 5) is 0. The van der Waals surface area contributed by atoms with E-state index in [0.29, 0.717) is 0 Å². The summed E-state index contributed by atoms with van der Waals surface area (Å²) >= 11 is 0. The molecule has 5 heavy (non-hydrogen) atoms. The van der Waals surface area contributed by atoms with E-state index < -0.39 is 0 Å². The molecule has 0 aromatic carbocycles. The first-order valence-electron chi connectivity index (χ1n) is 0.447. The minimum Gasteiger partial charge on any atom is -0.512 e. The van der Waals surface area contributed by atoms with Gasteiger partial charge in [0.1, 0.15) is 0 Å². The summed E-state index contributed by atoms with van der Waals surface area (Å²) in [7, 11) is 0. The largest absolute Gasteiger partial charge is 0.512 e. The molecule has 0 unspecified atom stereocenters. The standard InChI is InChI=1S/2CN.Sn/c2*1-2;/q2*-1;. The molecule has 0 N–H and O–H groups in total. The Hall–Kier alpha value is -0.221. The molecule has 0 rings (SSSR count). The Balaban J connectivity index is -0.0000000133. The average Bonchev–Trinajstić information content (AvgIpc) is 1.50. The van der Waals surface area contributed by atoms with Crippen LogP contribution >= 0.6 is 0 Å². The average molecular weight is 171 g/mol. The summed E-state index contributed by atoms with van der Waals surface area (Å²) in [5.74, 6) is 0. The summed E-state index contributed by atoms with van der Waals surface area (Å²) in [6, 6.07) is 0. The molecular formula is C2N2Sn-2. The maximum absolute atomic E-state index is 6.25. The molecular weight excluding hydrogens is 171 g/mol. The van der Waals surface area contributed by atoms with Gasteiger partial charge in [0.2, 0.25) is 0 Å². The van der Waals surface area contributed by atoms with Gasteiger partial charge in [-0.25, -0.2) is 0 Å². The third-order valence-electron chi connectivity index (χ3n) is 0. The molecule has 24 valence electrons. The third kappa shape index (κ3) is 244. The summed E-state index contributed by atoms with van der Waals surface area (Å²) in [6.07, 6.45) is 0. The molecule has 0 amide bonds. The number of nitrogens with zero attached hydrogens (tertiary/aromatic N) is 2. The Morgan fingerprint density at radius 3 is 0.800 bits per heavy atom. The van der Waals surface area contributed by atoms with Crippen LogP contribution in [0.4, 0.5) is 0 Å².